The summed E-state index contributed by atoms with van der Waals surface area (Å²) in [6, 6.07) is 0.0278. The monoisotopic (exact) mass is 351 g/mol. The summed E-state index contributed by atoms with van der Waals surface area (Å²) in [4.78, 5) is 4.67. The van der Waals surface area contributed by atoms with Gasteiger partial charge in [0.1, 0.15) is 10.7 Å². The van der Waals surface area contributed by atoms with Crippen LogP contribution in [0.2, 0.25) is 0 Å². The van der Waals surface area contributed by atoms with E-state index >= 15 is 0 Å². The predicted octanol–water partition coefficient (Wildman–Crippen LogP) is 1.64. The summed E-state index contributed by atoms with van der Waals surface area (Å²) in [5.41, 5.74) is 0.561. The molecule has 7 nitrogen and oxygen atoms in total. The molecule has 1 atom stereocenters. The van der Waals surface area contributed by atoms with Crippen LogP contribution in [0.25, 0.3) is 0 Å². The van der Waals surface area contributed by atoms with E-state index in [1.807, 2.05) is 17.8 Å². The van der Waals surface area contributed by atoms with Crippen LogP contribution in [0, 0.1) is 6.92 Å². The van der Waals surface area contributed by atoms with E-state index in [1.165, 1.54) is 0 Å². The first-order valence-electron chi connectivity index (χ1n) is 8.38. The van der Waals surface area contributed by atoms with Crippen LogP contribution in [-0.2, 0) is 30.5 Å². The molecular weight excluding hydrogens is 326 g/mol. The van der Waals surface area contributed by atoms with Crippen LogP contribution in [0.15, 0.2) is 23.5 Å². The van der Waals surface area contributed by atoms with Gasteiger partial charge >= 0.3 is 0 Å². The van der Waals surface area contributed by atoms with E-state index in [9.17, 15) is 8.42 Å². The lowest BCUT2D eigenvalue weighted by Gasteiger charge is -2.34. The molecule has 0 aromatic carbocycles. The van der Waals surface area contributed by atoms with E-state index in [1.54, 1.807) is 35.4 Å². The van der Waals surface area contributed by atoms with Crippen LogP contribution in [-0.4, -0.2) is 44.6 Å². The number of aryl methyl sites for hydroxylation is 4. The molecule has 132 valence electrons. The summed E-state index contributed by atoms with van der Waals surface area (Å²) >= 11 is 0. The third-order valence-electron chi connectivity index (χ3n) is 4.75. The summed E-state index contributed by atoms with van der Waals surface area (Å²) in [5.74, 6) is 0.996. The fourth-order valence-corrected chi connectivity index (χ4v) is 5.39. The number of aromatic nitrogens is 4. The first-order chi connectivity index (χ1) is 11.4. The highest BCUT2D eigenvalue weighted by molar-refractivity contribution is 7.89. The van der Waals surface area contributed by atoms with Crippen molar-refractivity contribution in [3.8, 4) is 0 Å². The molecule has 1 saturated heterocycles. The Labute approximate surface area is 143 Å². The van der Waals surface area contributed by atoms with Gasteiger partial charge in [-0.15, -0.1) is 0 Å². The molecule has 1 aliphatic heterocycles. The maximum absolute atomic E-state index is 13.1. The van der Waals surface area contributed by atoms with E-state index in [4.69, 9.17) is 0 Å². The maximum Gasteiger partial charge on any atom is 0.246 e. The molecule has 1 unspecified atom stereocenters. The molecule has 0 radical (unpaired) electrons. The van der Waals surface area contributed by atoms with Gasteiger partial charge < -0.3 is 4.57 Å². The largest absolute Gasteiger partial charge is 0.338 e. The zero-order valence-electron chi connectivity index (χ0n) is 14.5. The highest BCUT2D eigenvalue weighted by Gasteiger charge is 2.35. The van der Waals surface area contributed by atoms with Crippen molar-refractivity contribution in [3.63, 3.8) is 0 Å². The smallest absolute Gasteiger partial charge is 0.246 e. The minimum Gasteiger partial charge on any atom is -0.338 e. The van der Waals surface area contributed by atoms with Gasteiger partial charge in [-0.2, -0.15) is 9.40 Å². The second kappa shape index (κ2) is 6.68. The summed E-state index contributed by atoms with van der Waals surface area (Å²) in [6.07, 6.45) is 9.78. The van der Waals surface area contributed by atoms with E-state index in [2.05, 4.69) is 10.1 Å². The van der Waals surface area contributed by atoms with Gasteiger partial charge in [-0.05, 0) is 26.2 Å². The van der Waals surface area contributed by atoms with Crippen LogP contribution in [0.4, 0.5) is 0 Å². The first kappa shape index (κ1) is 17.2. The van der Waals surface area contributed by atoms with Gasteiger partial charge in [-0.25, -0.2) is 13.4 Å². The quantitative estimate of drug-likeness (QED) is 0.821. The van der Waals surface area contributed by atoms with Crippen molar-refractivity contribution in [2.75, 3.05) is 6.54 Å². The molecule has 3 rings (SSSR count). The van der Waals surface area contributed by atoms with Crippen molar-refractivity contribution in [2.24, 2.45) is 14.1 Å². The second-order valence-corrected chi connectivity index (χ2v) is 8.37. The molecule has 0 amide bonds. The Morgan fingerprint density at radius 3 is 2.71 bits per heavy atom. The van der Waals surface area contributed by atoms with Crippen molar-refractivity contribution in [1.29, 1.82) is 0 Å². The molecule has 3 heterocycles. The van der Waals surface area contributed by atoms with Gasteiger partial charge in [0, 0.05) is 51.7 Å². The fourth-order valence-electron chi connectivity index (χ4n) is 3.47. The second-order valence-electron chi connectivity index (χ2n) is 6.51. The third kappa shape index (κ3) is 3.25. The van der Waals surface area contributed by atoms with Gasteiger partial charge in [0.05, 0.1) is 5.69 Å². The van der Waals surface area contributed by atoms with Gasteiger partial charge in [0.25, 0.3) is 0 Å². The Hall–Kier alpha value is -1.67. The Kier molecular flexibility index (Phi) is 4.78. The number of piperidine rings is 1. The number of hydrogen-bond acceptors (Lipinski definition) is 4. The standard InChI is InChI=1S/C16H25N5O2S/c1-13-15(12-20(3)18-13)24(22,23)21-10-5-4-6-14(21)7-8-16-17-9-11-19(16)2/h9,11-12,14H,4-8,10H2,1-3H3. The summed E-state index contributed by atoms with van der Waals surface area (Å²) in [5, 5.41) is 4.19. The molecule has 0 saturated carbocycles. The Balaban J connectivity index is 1.81. The highest BCUT2D eigenvalue weighted by atomic mass is 32.2. The lowest BCUT2D eigenvalue weighted by Crippen LogP contribution is -2.44. The van der Waals surface area contributed by atoms with Gasteiger partial charge in [-0.3, -0.25) is 4.68 Å². The number of hydrogen-bond donors (Lipinski definition) is 0. The molecule has 24 heavy (non-hydrogen) atoms. The van der Waals surface area contributed by atoms with Crippen molar-refractivity contribution < 1.29 is 8.42 Å². The van der Waals surface area contributed by atoms with Crippen LogP contribution in [0.3, 0.4) is 0 Å². The minimum absolute atomic E-state index is 0.0278. The summed E-state index contributed by atoms with van der Waals surface area (Å²) in [6.45, 7) is 2.33. The highest BCUT2D eigenvalue weighted by Crippen LogP contribution is 2.28. The van der Waals surface area contributed by atoms with Crippen molar-refractivity contribution >= 4 is 10.0 Å². The van der Waals surface area contributed by atoms with E-state index < -0.39 is 10.0 Å². The first-order valence-corrected chi connectivity index (χ1v) is 9.82. The van der Waals surface area contributed by atoms with E-state index in [-0.39, 0.29) is 6.04 Å². The molecule has 8 heteroatoms. The van der Waals surface area contributed by atoms with E-state index in [0.29, 0.717) is 17.1 Å². The van der Waals surface area contributed by atoms with Crippen molar-refractivity contribution in [3.05, 3.63) is 30.1 Å². The molecule has 2 aromatic heterocycles. The number of nitrogens with zero attached hydrogens (tertiary/aromatic N) is 5. The van der Waals surface area contributed by atoms with Crippen molar-refractivity contribution in [2.45, 2.75) is 50.0 Å². The predicted molar refractivity (Wildman–Crippen MR) is 91.0 cm³/mol. The van der Waals surface area contributed by atoms with Gasteiger partial charge in [-0.1, -0.05) is 6.42 Å². The zero-order valence-corrected chi connectivity index (χ0v) is 15.3. The Morgan fingerprint density at radius 1 is 1.29 bits per heavy atom. The average Bonchev–Trinajstić information content (AvgIpc) is 3.10. The molecule has 0 N–H and O–H groups in total. The lowest BCUT2D eigenvalue weighted by molar-refractivity contribution is 0.239. The van der Waals surface area contributed by atoms with Gasteiger partial charge in [0.15, 0.2) is 0 Å². The van der Waals surface area contributed by atoms with E-state index in [0.717, 1.165) is 37.9 Å². The Morgan fingerprint density at radius 2 is 2.08 bits per heavy atom. The molecule has 1 fully saturated rings. The number of rotatable bonds is 5. The molecule has 0 bridgehead atoms. The zero-order chi connectivity index (χ0) is 17.3. The Bertz CT molecular complexity index is 808. The van der Waals surface area contributed by atoms with Crippen LogP contribution in [0.5, 0.6) is 0 Å². The molecular formula is C16H25N5O2S. The topological polar surface area (TPSA) is 73.0 Å². The maximum atomic E-state index is 13.1. The molecule has 0 spiro atoms. The lowest BCUT2D eigenvalue weighted by atomic mass is 10.0. The normalized spacial score (nSPS) is 19.7. The van der Waals surface area contributed by atoms with Crippen molar-refractivity contribution in [1.82, 2.24) is 23.6 Å². The number of imidazole rings is 1. The molecule has 0 aliphatic carbocycles. The number of sulfonamides is 1. The van der Waals surface area contributed by atoms with Crippen LogP contribution in [0.1, 0.15) is 37.2 Å². The molecule has 1 aliphatic rings. The van der Waals surface area contributed by atoms with Gasteiger partial charge in [0.2, 0.25) is 10.0 Å². The summed E-state index contributed by atoms with van der Waals surface area (Å²) < 4.78 is 31.5. The minimum atomic E-state index is -3.50. The summed E-state index contributed by atoms with van der Waals surface area (Å²) in [7, 11) is 0.220. The molecule has 2 aromatic rings. The average molecular weight is 351 g/mol. The van der Waals surface area contributed by atoms with Crippen LogP contribution >= 0.6 is 0 Å². The fraction of sp³-hybridized carbons (Fsp3) is 0.625. The third-order valence-corrected chi connectivity index (χ3v) is 6.81. The SMILES string of the molecule is Cc1nn(C)cc1S(=O)(=O)N1CCCCC1CCc1nccn1C. The van der Waals surface area contributed by atoms with Crippen LogP contribution < -0.4 is 0 Å².